The van der Waals surface area contributed by atoms with Gasteiger partial charge in [-0.2, -0.15) is 0 Å². The van der Waals surface area contributed by atoms with Gasteiger partial charge in [0.2, 0.25) is 0 Å². The van der Waals surface area contributed by atoms with Crippen molar-refractivity contribution in [3.63, 3.8) is 0 Å². The number of nitrogens with one attached hydrogen (secondary N) is 2. The van der Waals surface area contributed by atoms with E-state index in [0.717, 1.165) is 41.8 Å². The topological polar surface area (TPSA) is 77.1 Å². The van der Waals surface area contributed by atoms with Crippen LogP contribution in [0.5, 0.6) is 5.88 Å². The van der Waals surface area contributed by atoms with Crippen LogP contribution in [0.2, 0.25) is 0 Å². The van der Waals surface area contributed by atoms with Crippen molar-refractivity contribution >= 4 is 10.9 Å². The molecular weight excluding hydrogens is 302 g/mol. The lowest BCUT2D eigenvalue weighted by atomic mass is 10.1. The number of hydrogen-bond donors (Lipinski definition) is 3. The van der Waals surface area contributed by atoms with Gasteiger partial charge in [-0.05, 0) is 24.1 Å². The van der Waals surface area contributed by atoms with Gasteiger partial charge in [0.15, 0.2) is 5.88 Å². The Morgan fingerprint density at radius 1 is 1.25 bits per heavy atom. The average Bonchev–Trinajstić information content (AvgIpc) is 3.29. The van der Waals surface area contributed by atoms with Gasteiger partial charge >= 0.3 is 0 Å². The van der Waals surface area contributed by atoms with Gasteiger partial charge < -0.3 is 15.4 Å². The molecule has 0 aromatic carbocycles. The highest BCUT2D eigenvalue weighted by atomic mass is 16.3. The van der Waals surface area contributed by atoms with Crippen LogP contribution in [-0.4, -0.2) is 50.1 Å². The van der Waals surface area contributed by atoms with Crippen LogP contribution in [-0.2, 0) is 6.54 Å². The number of nitrogens with zero attached hydrogens (tertiary/aromatic N) is 3. The van der Waals surface area contributed by atoms with E-state index >= 15 is 0 Å². The van der Waals surface area contributed by atoms with Crippen molar-refractivity contribution in [1.29, 1.82) is 0 Å². The summed E-state index contributed by atoms with van der Waals surface area (Å²) in [5.74, 6) is 0.140. The van der Waals surface area contributed by atoms with Crippen molar-refractivity contribution < 1.29 is 5.11 Å². The predicted molar refractivity (Wildman–Crippen MR) is 91.6 cm³/mol. The molecule has 2 saturated heterocycles. The van der Waals surface area contributed by atoms with Crippen LogP contribution >= 0.6 is 0 Å². The van der Waals surface area contributed by atoms with Crippen LogP contribution in [0.3, 0.4) is 0 Å². The highest BCUT2D eigenvalue weighted by molar-refractivity contribution is 5.97. The van der Waals surface area contributed by atoms with E-state index in [2.05, 4.69) is 31.2 Å². The SMILES string of the molecule is Oc1[nH]c2cnccc2c1-c1ccc(CN2CC3CC2CN3)cn1. The van der Waals surface area contributed by atoms with Crippen LogP contribution in [0.1, 0.15) is 12.0 Å². The monoisotopic (exact) mass is 321 g/mol. The molecule has 0 saturated carbocycles. The maximum absolute atomic E-state index is 10.2. The normalized spacial score (nSPS) is 23.3. The van der Waals surface area contributed by atoms with E-state index in [4.69, 9.17) is 0 Å². The van der Waals surface area contributed by atoms with Crippen molar-refractivity contribution in [3.05, 3.63) is 42.4 Å². The molecule has 3 aromatic heterocycles. The predicted octanol–water partition coefficient (Wildman–Crippen LogP) is 1.88. The number of fused-ring (bicyclic) bond motifs is 3. The Bertz CT molecular complexity index is 888. The van der Waals surface area contributed by atoms with Crippen molar-refractivity contribution in [3.8, 4) is 17.1 Å². The molecule has 5 rings (SSSR count). The first kappa shape index (κ1) is 13.9. The Hall–Kier alpha value is -2.44. The summed E-state index contributed by atoms with van der Waals surface area (Å²) in [5.41, 5.74) is 3.55. The fraction of sp³-hybridized carbons (Fsp3) is 0.333. The molecular formula is C18H19N5O. The molecule has 2 aliphatic heterocycles. The van der Waals surface area contributed by atoms with E-state index in [0.29, 0.717) is 12.1 Å². The summed E-state index contributed by atoms with van der Waals surface area (Å²) in [6.45, 7) is 3.18. The summed E-state index contributed by atoms with van der Waals surface area (Å²) in [6, 6.07) is 7.33. The summed E-state index contributed by atoms with van der Waals surface area (Å²) in [4.78, 5) is 14.2. The average molecular weight is 321 g/mol. The molecule has 0 spiro atoms. The largest absolute Gasteiger partial charge is 0.494 e. The van der Waals surface area contributed by atoms with Gasteiger partial charge in [0.05, 0.1) is 23.0 Å². The Morgan fingerprint density at radius 3 is 2.96 bits per heavy atom. The third kappa shape index (κ3) is 2.18. The molecule has 2 unspecified atom stereocenters. The molecule has 0 amide bonds. The van der Waals surface area contributed by atoms with Gasteiger partial charge in [-0.1, -0.05) is 6.07 Å². The van der Waals surface area contributed by atoms with E-state index in [9.17, 15) is 5.11 Å². The second-order valence-electron chi connectivity index (χ2n) is 6.75. The number of pyridine rings is 2. The van der Waals surface area contributed by atoms with E-state index in [1.807, 2.05) is 18.3 Å². The van der Waals surface area contributed by atoms with Crippen molar-refractivity contribution in [2.75, 3.05) is 13.1 Å². The first-order valence-electron chi connectivity index (χ1n) is 8.35. The number of likely N-dealkylation sites (tertiary alicyclic amines) is 1. The van der Waals surface area contributed by atoms with Gasteiger partial charge in [-0.3, -0.25) is 14.9 Å². The van der Waals surface area contributed by atoms with Crippen LogP contribution in [0.4, 0.5) is 0 Å². The van der Waals surface area contributed by atoms with Crippen molar-refractivity contribution in [2.24, 2.45) is 0 Å². The Labute approximate surface area is 139 Å². The number of rotatable bonds is 3. The molecule has 0 aliphatic carbocycles. The first-order chi connectivity index (χ1) is 11.8. The van der Waals surface area contributed by atoms with E-state index in [1.54, 1.807) is 12.4 Å². The summed E-state index contributed by atoms with van der Waals surface area (Å²) in [5, 5.41) is 14.7. The van der Waals surface area contributed by atoms with E-state index in [1.165, 1.54) is 12.0 Å². The lowest BCUT2D eigenvalue weighted by molar-refractivity contribution is 0.217. The highest BCUT2D eigenvalue weighted by Crippen LogP contribution is 2.35. The maximum Gasteiger partial charge on any atom is 0.199 e. The molecule has 3 aromatic rings. The van der Waals surface area contributed by atoms with Crippen LogP contribution in [0.25, 0.3) is 22.2 Å². The van der Waals surface area contributed by atoms with Gasteiger partial charge in [0.25, 0.3) is 0 Å². The molecule has 24 heavy (non-hydrogen) atoms. The zero-order chi connectivity index (χ0) is 16.1. The number of hydrogen-bond acceptors (Lipinski definition) is 5. The smallest absolute Gasteiger partial charge is 0.199 e. The highest BCUT2D eigenvalue weighted by Gasteiger charge is 2.37. The molecule has 2 aliphatic rings. The van der Waals surface area contributed by atoms with Crippen LogP contribution in [0, 0.1) is 0 Å². The molecule has 5 heterocycles. The third-order valence-electron chi connectivity index (χ3n) is 5.22. The summed E-state index contributed by atoms with van der Waals surface area (Å²) >= 11 is 0. The standard InChI is InChI=1S/C18H19N5O/c24-18-17(14-3-4-19-8-16(14)22-18)15-2-1-11(6-21-15)9-23-10-12-5-13(23)7-20-12/h1-4,6,8,12-13,20,22,24H,5,7,9-10H2. The number of aromatic nitrogens is 3. The molecule has 6 nitrogen and oxygen atoms in total. The van der Waals surface area contributed by atoms with Crippen LogP contribution < -0.4 is 5.32 Å². The minimum absolute atomic E-state index is 0.140. The summed E-state index contributed by atoms with van der Waals surface area (Å²) < 4.78 is 0. The molecule has 3 N–H and O–H groups in total. The lowest BCUT2D eigenvalue weighted by Crippen LogP contribution is -2.42. The molecule has 0 radical (unpaired) electrons. The molecule has 2 atom stereocenters. The second-order valence-corrected chi connectivity index (χ2v) is 6.75. The summed E-state index contributed by atoms with van der Waals surface area (Å²) in [6.07, 6.45) is 6.63. The van der Waals surface area contributed by atoms with Gasteiger partial charge in [-0.15, -0.1) is 0 Å². The number of piperazine rings is 1. The fourth-order valence-electron chi connectivity index (χ4n) is 4.03. The van der Waals surface area contributed by atoms with E-state index in [-0.39, 0.29) is 5.88 Å². The van der Waals surface area contributed by atoms with Gasteiger partial charge in [0.1, 0.15) is 0 Å². The number of H-pyrrole nitrogens is 1. The zero-order valence-electron chi connectivity index (χ0n) is 13.2. The van der Waals surface area contributed by atoms with Crippen molar-refractivity contribution in [1.82, 2.24) is 25.2 Å². The van der Waals surface area contributed by atoms with Crippen LogP contribution in [0.15, 0.2) is 36.8 Å². The third-order valence-corrected chi connectivity index (χ3v) is 5.22. The Morgan fingerprint density at radius 2 is 2.21 bits per heavy atom. The van der Waals surface area contributed by atoms with Crippen molar-refractivity contribution in [2.45, 2.75) is 25.0 Å². The Balaban J connectivity index is 1.42. The zero-order valence-corrected chi connectivity index (χ0v) is 13.2. The minimum atomic E-state index is 0.140. The molecule has 2 bridgehead atoms. The minimum Gasteiger partial charge on any atom is -0.494 e. The molecule has 2 fully saturated rings. The Kier molecular flexibility index (Phi) is 3.08. The lowest BCUT2D eigenvalue weighted by Gasteiger charge is -2.27. The second kappa shape index (κ2) is 5.29. The van der Waals surface area contributed by atoms with Gasteiger partial charge in [0, 0.05) is 49.5 Å². The number of aromatic amines is 1. The molecule has 6 heteroatoms. The maximum atomic E-state index is 10.2. The first-order valence-corrected chi connectivity index (χ1v) is 8.35. The quantitative estimate of drug-likeness (QED) is 0.686. The summed E-state index contributed by atoms with van der Waals surface area (Å²) in [7, 11) is 0. The molecule has 122 valence electrons. The fourth-order valence-corrected chi connectivity index (χ4v) is 4.03. The van der Waals surface area contributed by atoms with Gasteiger partial charge in [-0.25, -0.2) is 0 Å². The van der Waals surface area contributed by atoms with E-state index < -0.39 is 0 Å². The number of aromatic hydroxyl groups is 1.